The van der Waals surface area contributed by atoms with Crippen molar-refractivity contribution in [2.45, 2.75) is 26.7 Å². The first kappa shape index (κ1) is 12.4. The molecule has 0 fully saturated rings. The van der Waals surface area contributed by atoms with E-state index in [0.717, 1.165) is 16.8 Å². The number of hydrazine groups is 1. The first-order valence-electron chi connectivity index (χ1n) is 5.88. The van der Waals surface area contributed by atoms with Crippen molar-refractivity contribution in [2.75, 3.05) is 5.43 Å². The van der Waals surface area contributed by atoms with Gasteiger partial charge in [-0.2, -0.15) is 0 Å². The van der Waals surface area contributed by atoms with E-state index in [1.807, 2.05) is 19.1 Å². The average Bonchev–Trinajstić information content (AvgIpc) is 2.38. The number of hydrogen-bond donors (Lipinski definition) is 2. The molecule has 0 aliphatic rings. The third kappa shape index (κ3) is 2.46. The van der Waals surface area contributed by atoms with E-state index in [9.17, 15) is 0 Å². The molecule has 0 atom stereocenters. The molecule has 18 heavy (non-hydrogen) atoms. The summed E-state index contributed by atoms with van der Waals surface area (Å²) in [4.78, 5) is 13.1. The van der Waals surface area contributed by atoms with Gasteiger partial charge in [-0.1, -0.05) is 13.8 Å². The number of anilines is 1. The van der Waals surface area contributed by atoms with E-state index in [-0.39, 0.29) is 0 Å². The number of nitrogen functional groups attached to an aromatic ring is 1. The van der Waals surface area contributed by atoms with Crippen molar-refractivity contribution in [1.82, 2.24) is 15.0 Å². The van der Waals surface area contributed by atoms with Crippen molar-refractivity contribution < 1.29 is 0 Å². The molecule has 0 saturated heterocycles. The van der Waals surface area contributed by atoms with Gasteiger partial charge in [-0.25, -0.2) is 15.8 Å². The van der Waals surface area contributed by atoms with Crippen LogP contribution in [-0.4, -0.2) is 15.0 Å². The van der Waals surface area contributed by atoms with E-state index in [1.165, 1.54) is 0 Å². The Kier molecular flexibility index (Phi) is 3.53. The summed E-state index contributed by atoms with van der Waals surface area (Å²) >= 11 is 0. The maximum absolute atomic E-state index is 5.45. The normalized spacial score (nSPS) is 10.7. The van der Waals surface area contributed by atoms with Gasteiger partial charge in [0.05, 0.1) is 0 Å². The number of aromatic nitrogens is 3. The Morgan fingerprint density at radius 1 is 1.28 bits per heavy atom. The van der Waals surface area contributed by atoms with Gasteiger partial charge in [-0.05, 0) is 24.5 Å². The monoisotopic (exact) mass is 243 g/mol. The van der Waals surface area contributed by atoms with Crippen LogP contribution in [0.4, 0.5) is 5.82 Å². The van der Waals surface area contributed by atoms with Gasteiger partial charge in [-0.3, -0.25) is 4.98 Å². The molecule has 94 valence electrons. The molecule has 0 spiro atoms. The summed E-state index contributed by atoms with van der Waals surface area (Å²) in [6.07, 6.45) is 3.53. The van der Waals surface area contributed by atoms with E-state index in [1.54, 1.807) is 12.4 Å². The lowest BCUT2D eigenvalue weighted by atomic mass is 10.1. The summed E-state index contributed by atoms with van der Waals surface area (Å²) < 4.78 is 0. The highest BCUT2D eigenvalue weighted by molar-refractivity contribution is 5.60. The van der Waals surface area contributed by atoms with E-state index < -0.39 is 0 Å². The molecular weight excluding hydrogens is 226 g/mol. The number of rotatable bonds is 3. The molecule has 2 rings (SSSR count). The van der Waals surface area contributed by atoms with Gasteiger partial charge in [0, 0.05) is 29.7 Å². The molecule has 0 aliphatic heterocycles. The predicted molar refractivity (Wildman–Crippen MR) is 71.9 cm³/mol. The average molecular weight is 243 g/mol. The Labute approximate surface area is 106 Å². The minimum Gasteiger partial charge on any atom is -0.308 e. The number of hydrogen-bond acceptors (Lipinski definition) is 5. The molecule has 2 aromatic heterocycles. The van der Waals surface area contributed by atoms with Crippen LogP contribution in [0.15, 0.2) is 24.5 Å². The lowest BCUT2D eigenvalue weighted by Crippen LogP contribution is -2.11. The first-order chi connectivity index (χ1) is 8.61. The fourth-order valence-electron chi connectivity index (χ4n) is 1.65. The third-order valence-electron chi connectivity index (χ3n) is 2.77. The Morgan fingerprint density at radius 3 is 2.67 bits per heavy atom. The molecule has 5 nitrogen and oxygen atoms in total. The molecule has 0 amide bonds. The van der Waals surface area contributed by atoms with Crippen LogP contribution in [0.2, 0.25) is 0 Å². The summed E-state index contributed by atoms with van der Waals surface area (Å²) in [6, 6.07) is 3.80. The van der Waals surface area contributed by atoms with Crippen LogP contribution in [0.5, 0.6) is 0 Å². The molecule has 2 heterocycles. The zero-order valence-corrected chi connectivity index (χ0v) is 10.8. The minimum absolute atomic E-state index is 0.316. The quantitative estimate of drug-likeness (QED) is 0.638. The minimum atomic E-state index is 0.316. The van der Waals surface area contributed by atoms with Gasteiger partial charge in [0.2, 0.25) is 0 Å². The van der Waals surface area contributed by atoms with Gasteiger partial charge in [0.1, 0.15) is 5.82 Å². The fraction of sp³-hybridized carbons (Fsp3) is 0.308. The van der Waals surface area contributed by atoms with Crippen LogP contribution >= 0.6 is 0 Å². The highest BCUT2D eigenvalue weighted by atomic mass is 15.3. The summed E-state index contributed by atoms with van der Waals surface area (Å²) in [5, 5.41) is 0. The Bertz CT molecular complexity index is 551. The van der Waals surface area contributed by atoms with Crippen molar-refractivity contribution in [3.63, 3.8) is 0 Å². The Balaban J connectivity index is 2.57. The molecular formula is C13H17N5. The second kappa shape index (κ2) is 5.10. The van der Waals surface area contributed by atoms with E-state index >= 15 is 0 Å². The number of nitrogens with zero attached hydrogens (tertiary/aromatic N) is 3. The molecule has 0 unspecified atom stereocenters. The lowest BCUT2D eigenvalue weighted by molar-refractivity contribution is 0.816. The zero-order chi connectivity index (χ0) is 13.1. The molecule has 0 aliphatic carbocycles. The second-order valence-electron chi connectivity index (χ2n) is 4.49. The second-order valence-corrected chi connectivity index (χ2v) is 4.49. The maximum atomic E-state index is 5.45. The summed E-state index contributed by atoms with van der Waals surface area (Å²) in [5.41, 5.74) is 5.55. The largest absolute Gasteiger partial charge is 0.308 e. The molecule has 0 bridgehead atoms. The zero-order valence-electron chi connectivity index (χ0n) is 10.8. The Morgan fingerprint density at radius 2 is 2.06 bits per heavy atom. The molecule has 5 heteroatoms. The third-order valence-corrected chi connectivity index (χ3v) is 2.77. The summed E-state index contributed by atoms with van der Waals surface area (Å²) in [5.74, 6) is 7.03. The highest BCUT2D eigenvalue weighted by Gasteiger charge is 2.10. The van der Waals surface area contributed by atoms with E-state index in [2.05, 4.69) is 34.2 Å². The van der Waals surface area contributed by atoms with Gasteiger partial charge >= 0.3 is 0 Å². The standard InChI is InChI=1S/C13H17N5/c1-8(2)11-6-12(18-14)17-13(16-11)10-7-15-5-4-9(10)3/h4-8H,14H2,1-3H3,(H,16,17,18). The lowest BCUT2D eigenvalue weighted by Gasteiger charge is -2.10. The number of aryl methyl sites for hydroxylation is 1. The van der Waals surface area contributed by atoms with Crippen molar-refractivity contribution in [3.8, 4) is 11.4 Å². The number of nitrogens with two attached hydrogens (primary N) is 1. The van der Waals surface area contributed by atoms with Crippen LogP contribution in [0.25, 0.3) is 11.4 Å². The Hall–Kier alpha value is -2.01. The van der Waals surface area contributed by atoms with E-state index in [4.69, 9.17) is 5.84 Å². The molecule has 0 radical (unpaired) electrons. The fourth-order valence-corrected chi connectivity index (χ4v) is 1.65. The predicted octanol–water partition coefficient (Wildman–Crippen LogP) is 2.26. The van der Waals surface area contributed by atoms with Gasteiger partial charge in [0.15, 0.2) is 5.82 Å². The van der Waals surface area contributed by atoms with Crippen LogP contribution in [0, 0.1) is 6.92 Å². The van der Waals surface area contributed by atoms with Crippen molar-refractivity contribution in [2.24, 2.45) is 5.84 Å². The maximum Gasteiger partial charge on any atom is 0.163 e. The van der Waals surface area contributed by atoms with Gasteiger partial charge < -0.3 is 5.43 Å². The smallest absolute Gasteiger partial charge is 0.163 e. The molecule has 3 N–H and O–H groups in total. The summed E-state index contributed by atoms with van der Waals surface area (Å²) in [6.45, 7) is 6.18. The van der Waals surface area contributed by atoms with Crippen molar-refractivity contribution >= 4 is 5.82 Å². The van der Waals surface area contributed by atoms with Crippen LogP contribution in [0.3, 0.4) is 0 Å². The van der Waals surface area contributed by atoms with Gasteiger partial charge in [0.25, 0.3) is 0 Å². The van der Waals surface area contributed by atoms with Crippen LogP contribution in [0.1, 0.15) is 31.0 Å². The topological polar surface area (TPSA) is 76.7 Å². The first-order valence-corrected chi connectivity index (χ1v) is 5.88. The number of nitrogens with one attached hydrogen (secondary N) is 1. The van der Waals surface area contributed by atoms with Crippen molar-refractivity contribution in [1.29, 1.82) is 0 Å². The van der Waals surface area contributed by atoms with Crippen LogP contribution in [-0.2, 0) is 0 Å². The highest BCUT2D eigenvalue weighted by Crippen LogP contribution is 2.23. The van der Waals surface area contributed by atoms with E-state index in [0.29, 0.717) is 17.6 Å². The van der Waals surface area contributed by atoms with Gasteiger partial charge in [-0.15, -0.1) is 0 Å². The van der Waals surface area contributed by atoms with Crippen molar-refractivity contribution in [3.05, 3.63) is 35.8 Å². The molecule has 0 aromatic carbocycles. The molecule has 0 saturated carbocycles. The van der Waals surface area contributed by atoms with Crippen LogP contribution < -0.4 is 11.3 Å². The SMILES string of the molecule is Cc1ccncc1-c1nc(NN)cc(C(C)C)n1. The number of pyridine rings is 1. The molecule has 2 aromatic rings. The summed E-state index contributed by atoms with van der Waals surface area (Å²) in [7, 11) is 0.